The van der Waals surface area contributed by atoms with E-state index in [1.807, 2.05) is 43.3 Å². The van der Waals surface area contributed by atoms with Gasteiger partial charge in [0, 0.05) is 18.9 Å². The Bertz CT molecular complexity index is 1310. The molecule has 2 aromatic carbocycles. The molecule has 6 heteroatoms. The van der Waals surface area contributed by atoms with Crippen LogP contribution in [-0.2, 0) is 6.54 Å². The lowest BCUT2D eigenvalue weighted by atomic mass is 9.98. The van der Waals surface area contributed by atoms with Gasteiger partial charge in [0.15, 0.2) is 5.43 Å². The normalized spacial score (nSPS) is 15.3. The van der Waals surface area contributed by atoms with Gasteiger partial charge in [-0.05, 0) is 48.4 Å². The summed E-state index contributed by atoms with van der Waals surface area (Å²) in [4.78, 5) is 32.7. The third kappa shape index (κ3) is 3.26. The molecule has 0 aliphatic carbocycles. The summed E-state index contributed by atoms with van der Waals surface area (Å²) >= 11 is 0. The summed E-state index contributed by atoms with van der Waals surface area (Å²) in [6.45, 7) is 2.79. The highest BCUT2D eigenvalue weighted by molar-refractivity contribution is 5.99. The number of fused-ring (bicyclic) bond motifs is 2. The number of amides is 1. The second kappa shape index (κ2) is 7.72. The fourth-order valence-electron chi connectivity index (χ4n) is 4.08. The molecule has 31 heavy (non-hydrogen) atoms. The Balaban J connectivity index is 1.68. The minimum atomic E-state index is -0.556. The van der Waals surface area contributed by atoms with Crippen molar-refractivity contribution in [3.05, 3.63) is 106 Å². The number of rotatable bonds is 5. The number of ether oxygens (including phenoxy) is 1. The van der Waals surface area contributed by atoms with Gasteiger partial charge in [0.2, 0.25) is 5.76 Å². The minimum Gasteiger partial charge on any atom is -0.494 e. The van der Waals surface area contributed by atoms with Crippen LogP contribution >= 0.6 is 0 Å². The molecule has 6 nitrogen and oxygen atoms in total. The van der Waals surface area contributed by atoms with Gasteiger partial charge >= 0.3 is 0 Å². The number of hydrogen-bond acceptors (Lipinski definition) is 5. The van der Waals surface area contributed by atoms with Crippen LogP contribution in [0.2, 0.25) is 0 Å². The van der Waals surface area contributed by atoms with E-state index in [0.717, 1.165) is 16.9 Å². The lowest BCUT2D eigenvalue weighted by Crippen LogP contribution is -2.29. The molecule has 154 valence electrons. The van der Waals surface area contributed by atoms with Crippen molar-refractivity contribution in [1.82, 2.24) is 9.88 Å². The number of pyridine rings is 1. The SMILES string of the molecule is CCOc1ccc(C2c3c(oc4ccccc4c3=O)C(=O)N2Cc2cccnc2)cc1. The Hall–Kier alpha value is -3.93. The number of benzene rings is 2. The number of para-hydroxylation sites is 1. The molecule has 5 rings (SSSR count). The molecular weight excluding hydrogens is 392 g/mol. The van der Waals surface area contributed by atoms with Crippen molar-refractivity contribution in [2.45, 2.75) is 19.5 Å². The largest absolute Gasteiger partial charge is 0.494 e. The molecule has 4 aromatic rings. The van der Waals surface area contributed by atoms with E-state index in [9.17, 15) is 9.59 Å². The summed E-state index contributed by atoms with van der Waals surface area (Å²) in [5.74, 6) is 0.534. The van der Waals surface area contributed by atoms with E-state index < -0.39 is 6.04 Å². The Kier molecular flexibility index (Phi) is 4.75. The second-order valence-electron chi connectivity index (χ2n) is 7.37. The minimum absolute atomic E-state index is 0.103. The van der Waals surface area contributed by atoms with Gasteiger partial charge in [-0.15, -0.1) is 0 Å². The van der Waals surface area contributed by atoms with Gasteiger partial charge in [-0.25, -0.2) is 0 Å². The molecule has 0 radical (unpaired) electrons. The molecule has 1 aliphatic heterocycles. The Morgan fingerprint density at radius 1 is 1.03 bits per heavy atom. The van der Waals surface area contributed by atoms with E-state index in [0.29, 0.717) is 29.7 Å². The topological polar surface area (TPSA) is 72.6 Å². The van der Waals surface area contributed by atoms with Crippen LogP contribution in [0, 0.1) is 0 Å². The second-order valence-corrected chi connectivity index (χ2v) is 7.37. The monoisotopic (exact) mass is 412 g/mol. The van der Waals surface area contributed by atoms with E-state index in [1.54, 1.807) is 41.6 Å². The number of carbonyl (C=O) groups is 1. The summed E-state index contributed by atoms with van der Waals surface area (Å²) in [6, 6.07) is 17.7. The van der Waals surface area contributed by atoms with Crippen LogP contribution in [0.5, 0.6) is 5.75 Å². The van der Waals surface area contributed by atoms with Crippen LogP contribution in [0.4, 0.5) is 0 Å². The van der Waals surface area contributed by atoms with Crippen LogP contribution < -0.4 is 10.2 Å². The molecular formula is C25H20N2O4. The Morgan fingerprint density at radius 2 is 1.84 bits per heavy atom. The van der Waals surface area contributed by atoms with Gasteiger partial charge in [-0.3, -0.25) is 14.6 Å². The molecule has 0 saturated heterocycles. The molecule has 0 spiro atoms. The molecule has 0 fully saturated rings. The summed E-state index contributed by atoms with van der Waals surface area (Å²) in [7, 11) is 0. The van der Waals surface area contributed by atoms with Crippen molar-refractivity contribution in [2.24, 2.45) is 0 Å². The quantitative estimate of drug-likeness (QED) is 0.488. The zero-order valence-corrected chi connectivity index (χ0v) is 16.9. The van der Waals surface area contributed by atoms with Crippen molar-refractivity contribution < 1.29 is 13.9 Å². The van der Waals surface area contributed by atoms with Crippen LogP contribution in [0.1, 0.15) is 40.2 Å². The number of nitrogens with zero attached hydrogens (tertiary/aromatic N) is 2. The van der Waals surface area contributed by atoms with Crippen molar-refractivity contribution in [3.63, 3.8) is 0 Å². The van der Waals surface area contributed by atoms with Gasteiger partial charge in [-0.1, -0.05) is 30.3 Å². The van der Waals surface area contributed by atoms with E-state index in [-0.39, 0.29) is 17.1 Å². The lowest BCUT2D eigenvalue weighted by Gasteiger charge is -2.25. The summed E-state index contributed by atoms with van der Waals surface area (Å²) in [5.41, 5.74) is 2.29. The molecule has 0 bridgehead atoms. The first-order valence-corrected chi connectivity index (χ1v) is 10.2. The molecule has 2 aromatic heterocycles. The molecule has 3 heterocycles. The van der Waals surface area contributed by atoms with Crippen LogP contribution in [0.25, 0.3) is 11.0 Å². The predicted octanol–water partition coefficient (Wildman–Crippen LogP) is 4.33. The van der Waals surface area contributed by atoms with Crippen LogP contribution in [0.3, 0.4) is 0 Å². The van der Waals surface area contributed by atoms with Crippen LogP contribution in [-0.4, -0.2) is 22.4 Å². The third-order valence-electron chi connectivity index (χ3n) is 5.46. The van der Waals surface area contributed by atoms with Crippen molar-refractivity contribution in [1.29, 1.82) is 0 Å². The average molecular weight is 412 g/mol. The fraction of sp³-hybridized carbons (Fsp3) is 0.160. The van der Waals surface area contributed by atoms with E-state index in [1.165, 1.54) is 0 Å². The molecule has 1 atom stereocenters. The molecule has 1 amide bonds. The number of hydrogen-bond donors (Lipinski definition) is 0. The highest BCUT2D eigenvalue weighted by atomic mass is 16.5. The Labute approximate surface area is 178 Å². The standard InChI is InChI=1S/C25H20N2O4/c1-2-30-18-11-9-17(10-12-18)22-21-23(28)19-7-3-4-8-20(19)31-24(21)25(29)27(22)15-16-6-5-13-26-14-16/h3-14,22H,2,15H2,1H3. The number of aromatic nitrogens is 1. The van der Waals surface area contributed by atoms with Crippen molar-refractivity contribution in [2.75, 3.05) is 6.61 Å². The lowest BCUT2D eigenvalue weighted by molar-refractivity contribution is 0.0714. The molecule has 0 saturated carbocycles. The molecule has 1 unspecified atom stereocenters. The summed E-state index contributed by atoms with van der Waals surface area (Å²) in [6.07, 6.45) is 3.41. The maximum atomic E-state index is 13.4. The molecule has 0 N–H and O–H groups in total. The zero-order chi connectivity index (χ0) is 21.4. The van der Waals surface area contributed by atoms with E-state index >= 15 is 0 Å². The number of carbonyl (C=O) groups excluding carboxylic acids is 1. The third-order valence-corrected chi connectivity index (χ3v) is 5.46. The maximum Gasteiger partial charge on any atom is 0.291 e. The van der Waals surface area contributed by atoms with E-state index in [2.05, 4.69) is 4.98 Å². The Morgan fingerprint density at radius 3 is 2.58 bits per heavy atom. The first kappa shape index (κ1) is 19.1. The first-order chi connectivity index (χ1) is 15.2. The van der Waals surface area contributed by atoms with Crippen molar-refractivity contribution in [3.8, 4) is 5.75 Å². The predicted molar refractivity (Wildman–Crippen MR) is 116 cm³/mol. The van der Waals surface area contributed by atoms with E-state index in [4.69, 9.17) is 9.15 Å². The molecule has 1 aliphatic rings. The van der Waals surface area contributed by atoms with Gasteiger partial charge in [0.1, 0.15) is 11.3 Å². The average Bonchev–Trinajstić information content (AvgIpc) is 3.07. The first-order valence-electron chi connectivity index (χ1n) is 10.2. The van der Waals surface area contributed by atoms with Crippen molar-refractivity contribution >= 4 is 16.9 Å². The van der Waals surface area contributed by atoms with Crippen LogP contribution in [0.15, 0.2) is 82.3 Å². The smallest absolute Gasteiger partial charge is 0.291 e. The van der Waals surface area contributed by atoms with Gasteiger partial charge < -0.3 is 14.1 Å². The summed E-state index contributed by atoms with van der Waals surface area (Å²) < 4.78 is 11.5. The van der Waals surface area contributed by atoms with Gasteiger partial charge in [-0.2, -0.15) is 0 Å². The highest BCUT2D eigenvalue weighted by Crippen LogP contribution is 2.39. The zero-order valence-electron chi connectivity index (χ0n) is 16.9. The summed E-state index contributed by atoms with van der Waals surface area (Å²) in [5, 5.41) is 0.466. The fourth-order valence-corrected chi connectivity index (χ4v) is 4.08. The maximum absolute atomic E-state index is 13.4. The van der Waals surface area contributed by atoms with Gasteiger partial charge in [0.25, 0.3) is 5.91 Å². The van der Waals surface area contributed by atoms with Gasteiger partial charge in [0.05, 0.1) is 23.6 Å². The highest BCUT2D eigenvalue weighted by Gasteiger charge is 2.42.